The third kappa shape index (κ3) is 2.05. The minimum Gasteiger partial charge on any atom is -0.393 e. The molecule has 0 radical (unpaired) electrons. The van der Waals surface area contributed by atoms with Gasteiger partial charge in [0.05, 0.1) is 6.10 Å². The number of para-hydroxylation sites is 1. The van der Waals surface area contributed by atoms with Crippen LogP contribution in [0.25, 0.3) is 10.9 Å². The molecule has 1 heterocycles. The largest absolute Gasteiger partial charge is 0.393 e. The number of benzene rings is 1. The first-order valence-corrected chi connectivity index (χ1v) is 5.41. The zero-order chi connectivity index (χ0) is 10.8. The Balaban J connectivity index is 2.29. The average molecular weight is 203 g/mol. The fraction of sp³-hybridized carbons (Fsp3) is 0.385. The van der Waals surface area contributed by atoms with Crippen LogP contribution in [-0.4, -0.2) is 16.2 Å². The molecule has 80 valence electrons. The lowest BCUT2D eigenvalue weighted by Gasteiger charge is -2.13. The second-order valence-corrected chi connectivity index (χ2v) is 4.28. The van der Waals surface area contributed by atoms with Crippen LogP contribution < -0.4 is 0 Å². The number of nitrogens with one attached hydrogen (secondary N) is 1. The van der Waals surface area contributed by atoms with E-state index in [0.29, 0.717) is 5.92 Å². The molecule has 2 heteroatoms. The van der Waals surface area contributed by atoms with E-state index in [1.54, 1.807) is 0 Å². The highest BCUT2D eigenvalue weighted by atomic mass is 16.3. The lowest BCUT2D eigenvalue weighted by atomic mass is 9.96. The lowest BCUT2D eigenvalue weighted by molar-refractivity contribution is 0.135. The van der Waals surface area contributed by atoms with Crippen molar-refractivity contribution in [3.63, 3.8) is 0 Å². The zero-order valence-corrected chi connectivity index (χ0v) is 9.20. The predicted octanol–water partition coefficient (Wildman–Crippen LogP) is 2.73. The van der Waals surface area contributed by atoms with Gasteiger partial charge in [-0.15, -0.1) is 0 Å². The monoisotopic (exact) mass is 203 g/mol. The van der Waals surface area contributed by atoms with E-state index >= 15 is 0 Å². The van der Waals surface area contributed by atoms with Crippen LogP contribution >= 0.6 is 0 Å². The fourth-order valence-electron chi connectivity index (χ4n) is 1.82. The molecule has 0 aliphatic rings. The summed E-state index contributed by atoms with van der Waals surface area (Å²) in [5, 5.41) is 10.8. The number of aliphatic hydroxyl groups is 1. The Morgan fingerprint density at radius 2 is 2.00 bits per heavy atom. The van der Waals surface area contributed by atoms with Gasteiger partial charge < -0.3 is 10.1 Å². The van der Waals surface area contributed by atoms with Gasteiger partial charge in [-0.2, -0.15) is 0 Å². The summed E-state index contributed by atoms with van der Waals surface area (Å²) >= 11 is 0. The molecule has 2 atom stereocenters. The second kappa shape index (κ2) is 4.07. The van der Waals surface area contributed by atoms with E-state index in [1.807, 2.05) is 25.3 Å². The average Bonchev–Trinajstić information content (AvgIpc) is 2.62. The molecular formula is C13H17NO. The van der Waals surface area contributed by atoms with E-state index in [9.17, 15) is 5.11 Å². The third-order valence-electron chi connectivity index (χ3n) is 3.04. The van der Waals surface area contributed by atoms with Crippen molar-refractivity contribution in [1.29, 1.82) is 0 Å². The minimum atomic E-state index is -0.251. The molecule has 0 saturated carbocycles. The number of fused-ring (bicyclic) bond motifs is 1. The number of rotatable bonds is 3. The van der Waals surface area contributed by atoms with Crippen molar-refractivity contribution in [2.75, 3.05) is 0 Å². The van der Waals surface area contributed by atoms with Crippen LogP contribution in [0.2, 0.25) is 0 Å². The van der Waals surface area contributed by atoms with Crippen molar-refractivity contribution in [1.82, 2.24) is 4.98 Å². The van der Waals surface area contributed by atoms with Gasteiger partial charge in [-0.1, -0.05) is 25.1 Å². The summed E-state index contributed by atoms with van der Waals surface area (Å²) in [4.78, 5) is 3.25. The molecule has 0 amide bonds. The molecule has 0 aliphatic heterocycles. The first-order valence-electron chi connectivity index (χ1n) is 5.41. The maximum atomic E-state index is 9.48. The molecule has 2 rings (SSSR count). The van der Waals surface area contributed by atoms with Gasteiger partial charge in [-0.05, 0) is 30.9 Å². The van der Waals surface area contributed by atoms with Crippen molar-refractivity contribution in [3.8, 4) is 0 Å². The molecule has 2 nitrogen and oxygen atoms in total. The molecule has 0 aliphatic carbocycles. The van der Waals surface area contributed by atoms with Crippen molar-refractivity contribution in [2.45, 2.75) is 26.4 Å². The van der Waals surface area contributed by atoms with E-state index in [2.05, 4.69) is 24.0 Å². The Bertz CT molecular complexity index is 444. The normalized spacial score (nSPS) is 15.4. The minimum absolute atomic E-state index is 0.251. The predicted molar refractivity (Wildman–Crippen MR) is 62.8 cm³/mol. The van der Waals surface area contributed by atoms with E-state index in [0.717, 1.165) is 6.42 Å². The van der Waals surface area contributed by atoms with E-state index < -0.39 is 0 Å². The Hall–Kier alpha value is -1.28. The molecule has 15 heavy (non-hydrogen) atoms. The van der Waals surface area contributed by atoms with Crippen LogP contribution in [-0.2, 0) is 6.42 Å². The number of hydrogen-bond acceptors (Lipinski definition) is 1. The SMILES string of the molecule is CC(O)C(C)Cc1c[nH]c2ccccc12. The standard InChI is InChI=1S/C13H17NO/c1-9(10(2)15)7-11-8-14-13-6-4-3-5-12(11)13/h3-6,8-10,14-15H,7H2,1-2H3. The van der Waals surface area contributed by atoms with Crippen LogP contribution in [0.3, 0.4) is 0 Å². The number of H-pyrrole nitrogens is 1. The Morgan fingerprint density at radius 3 is 2.73 bits per heavy atom. The van der Waals surface area contributed by atoms with Gasteiger partial charge in [0.15, 0.2) is 0 Å². The quantitative estimate of drug-likeness (QED) is 0.790. The summed E-state index contributed by atoms with van der Waals surface area (Å²) in [6, 6.07) is 8.27. The number of hydrogen-bond donors (Lipinski definition) is 2. The molecule has 0 spiro atoms. The van der Waals surface area contributed by atoms with Crippen LogP contribution in [0, 0.1) is 5.92 Å². The lowest BCUT2D eigenvalue weighted by Crippen LogP contribution is -2.15. The summed E-state index contributed by atoms with van der Waals surface area (Å²) in [5.74, 6) is 0.296. The van der Waals surface area contributed by atoms with Crippen molar-refractivity contribution < 1.29 is 5.11 Å². The summed E-state index contributed by atoms with van der Waals surface area (Å²) in [6.45, 7) is 3.92. The Kier molecular flexibility index (Phi) is 2.78. The smallest absolute Gasteiger partial charge is 0.0540 e. The van der Waals surface area contributed by atoms with Gasteiger partial charge in [0.2, 0.25) is 0 Å². The number of aromatic amines is 1. The summed E-state index contributed by atoms with van der Waals surface area (Å²) in [7, 11) is 0. The highest BCUT2D eigenvalue weighted by Crippen LogP contribution is 2.21. The van der Waals surface area contributed by atoms with E-state index in [-0.39, 0.29) is 6.10 Å². The first kappa shape index (κ1) is 10.2. The Labute approximate surface area is 89.9 Å². The van der Waals surface area contributed by atoms with Crippen molar-refractivity contribution in [3.05, 3.63) is 36.0 Å². The summed E-state index contributed by atoms with van der Waals surface area (Å²) < 4.78 is 0. The van der Waals surface area contributed by atoms with Gasteiger partial charge in [-0.3, -0.25) is 0 Å². The van der Waals surface area contributed by atoms with E-state index in [1.165, 1.54) is 16.5 Å². The molecule has 0 saturated heterocycles. The number of aliphatic hydroxyl groups excluding tert-OH is 1. The van der Waals surface area contributed by atoms with Gasteiger partial charge >= 0.3 is 0 Å². The van der Waals surface area contributed by atoms with Gasteiger partial charge in [0.1, 0.15) is 0 Å². The molecule has 2 aromatic rings. The molecule has 2 N–H and O–H groups in total. The zero-order valence-electron chi connectivity index (χ0n) is 9.20. The van der Waals surface area contributed by atoms with Gasteiger partial charge in [0, 0.05) is 17.1 Å². The maximum Gasteiger partial charge on any atom is 0.0540 e. The highest BCUT2D eigenvalue weighted by Gasteiger charge is 2.12. The first-order chi connectivity index (χ1) is 7.18. The molecule has 1 aromatic carbocycles. The third-order valence-corrected chi connectivity index (χ3v) is 3.04. The van der Waals surface area contributed by atoms with Crippen LogP contribution in [0.15, 0.2) is 30.5 Å². The maximum absolute atomic E-state index is 9.48. The highest BCUT2D eigenvalue weighted by molar-refractivity contribution is 5.83. The van der Waals surface area contributed by atoms with E-state index in [4.69, 9.17) is 0 Å². The topological polar surface area (TPSA) is 36.0 Å². The van der Waals surface area contributed by atoms with Gasteiger partial charge in [0.25, 0.3) is 0 Å². The molecule has 1 aromatic heterocycles. The second-order valence-electron chi connectivity index (χ2n) is 4.28. The van der Waals surface area contributed by atoms with Crippen LogP contribution in [0.5, 0.6) is 0 Å². The molecule has 0 fully saturated rings. The van der Waals surface area contributed by atoms with Gasteiger partial charge in [-0.25, -0.2) is 0 Å². The van der Waals surface area contributed by atoms with Crippen molar-refractivity contribution in [2.24, 2.45) is 5.92 Å². The van der Waals surface area contributed by atoms with Crippen LogP contribution in [0.4, 0.5) is 0 Å². The summed E-state index contributed by atoms with van der Waals surface area (Å²) in [6.07, 6.45) is 2.71. The fourth-order valence-corrected chi connectivity index (χ4v) is 1.82. The Morgan fingerprint density at radius 1 is 1.27 bits per heavy atom. The van der Waals surface area contributed by atoms with Crippen molar-refractivity contribution >= 4 is 10.9 Å². The molecule has 2 unspecified atom stereocenters. The summed E-state index contributed by atoms with van der Waals surface area (Å²) in [5.41, 5.74) is 2.46. The molecular weight excluding hydrogens is 186 g/mol. The van der Waals surface area contributed by atoms with Crippen LogP contribution in [0.1, 0.15) is 19.4 Å². The molecule has 0 bridgehead atoms. The number of aromatic nitrogens is 1.